The molecule has 5 rings (SSSR count). The highest BCUT2D eigenvalue weighted by Crippen LogP contribution is 2.41. The van der Waals surface area contributed by atoms with E-state index in [2.05, 4.69) is 27.3 Å². The highest BCUT2D eigenvalue weighted by atomic mass is 35.5. The number of aryl methyl sites for hydroxylation is 1. The maximum absolute atomic E-state index is 6.41. The predicted molar refractivity (Wildman–Crippen MR) is 138 cm³/mol. The van der Waals surface area contributed by atoms with E-state index in [0.29, 0.717) is 16.7 Å². The lowest BCUT2D eigenvalue weighted by Gasteiger charge is -2.26. The van der Waals surface area contributed by atoms with Gasteiger partial charge in [-0.15, -0.1) is 0 Å². The summed E-state index contributed by atoms with van der Waals surface area (Å²) in [6.45, 7) is 2.61. The zero-order chi connectivity index (χ0) is 23.7. The molecule has 5 nitrogen and oxygen atoms in total. The first-order valence-corrected chi connectivity index (χ1v) is 11.8. The van der Waals surface area contributed by atoms with E-state index in [9.17, 15) is 0 Å². The third-order valence-corrected chi connectivity index (χ3v) is 6.84. The first-order valence-electron chi connectivity index (χ1n) is 11.0. The van der Waals surface area contributed by atoms with Gasteiger partial charge in [-0.25, -0.2) is 0 Å². The highest BCUT2D eigenvalue weighted by Gasteiger charge is 2.41. The first-order chi connectivity index (χ1) is 16.5. The Morgan fingerprint density at radius 2 is 1.91 bits per heavy atom. The Morgan fingerprint density at radius 3 is 2.62 bits per heavy atom. The summed E-state index contributed by atoms with van der Waals surface area (Å²) in [5, 5.41) is 4.84. The van der Waals surface area contributed by atoms with Crippen LogP contribution < -0.4 is 10.1 Å². The molecule has 4 aromatic rings. The van der Waals surface area contributed by atoms with Gasteiger partial charge in [0.05, 0.1) is 18.8 Å². The van der Waals surface area contributed by atoms with Crippen LogP contribution in [0.2, 0.25) is 5.02 Å². The van der Waals surface area contributed by atoms with E-state index in [4.69, 9.17) is 33.0 Å². The second-order valence-electron chi connectivity index (χ2n) is 8.27. The molecule has 2 aromatic heterocycles. The Bertz CT molecular complexity index is 1310. The normalized spacial score (nSPS) is 17.6. The van der Waals surface area contributed by atoms with Gasteiger partial charge in [-0.05, 0) is 72.7 Å². The first kappa shape index (κ1) is 22.4. The van der Waals surface area contributed by atoms with Crippen LogP contribution in [-0.4, -0.2) is 22.1 Å². The van der Waals surface area contributed by atoms with Gasteiger partial charge in [0.15, 0.2) is 5.11 Å². The molecule has 1 N–H and O–H groups in total. The zero-order valence-electron chi connectivity index (χ0n) is 18.9. The summed E-state index contributed by atoms with van der Waals surface area (Å²) in [6.07, 6.45) is 1.80. The van der Waals surface area contributed by atoms with Crippen LogP contribution >= 0.6 is 23.8 Å². The van der Waals surface area contributed by atoms with Crippen LogP contribution in [0.4, 0.5) is 0 Å². The SMILES string of the molecule is COc1ccc(CN2C(=S)N[C@@H](c3ccccn3)[C@@H]2c2ccc(-c3ccc(C)c(Cl)c3)o2)cc1. The Hall–Kier alpha value is -3.35. The van der Waals surface area contributed by atoms with E-state index in [1.54, 1.807) is 13.3 Å². The average molecular weight is 490 g/mol. The monoisotopic (exact) mass is 489 g/mol. The number of ether oxygens (including phenoxy) is 1. The summed E-state index contributed by atoms with van der Waals surface area (Å²) < 4.78 is 11.7. The molecule has 7 heteroatoms. The van der Waals surface area contributed by atoms with E-state index in [0.717, 1.165) is 39.7 Å². The number of hydrogen-bond acceptors (Lipinski definition) is 4. The van der Waals surface area contributed by atoms with Gasteiger partial charge in [0.25, 0.3) is 0 Å². The molecule has 34 heavy (non-hydrogen) atoms. The molecule has 0 spiro atoms. The lowest BCUT2D eigenvalue weighted by Crippen LogP contribution is -2.29. The summed E-state index contributed by atoms with van der Waals surface area (Å²) >= 11 is 12.1. The standard InChI is InChI=1S/C27H24ClN3O2S/c1-17-6-9-19(15-21(17)28)23-12-13-24(33-23)26-25(22-5-3-4-14-29-22)30-27(34)31(26)16-18-7-10-20(32-2)11-8-18/h3-15,25-26H,16H2,1-2H3,(H,30,34)/t25-,26-/m0/s1. The second kappa shape index (κ2) is 9.49. The van der Waals surface area contributed by atoms with Crippen LogP contribution in [0.25, 0.3) is 11.3 Å². The second-order valence-corrected chi connectivity index (χ2v) is 9.06. The molecule has 1 fully saturated rings. The quantitative estimate of drug-likeness (QED) is 0.312. The van der Waals surface area contributed by atoms with Crippen molar-refractivity contribution in [3.8, 4) is 17.1 Å². The number of methoxy groups -OCH3 is 1. The van der Waals surface area contributed by atoms with E-state index in [1.165, 1.54) is 0 Å². The van der Waals surface area contributed by atoms with Crippen LogP contribution in [0.1, 0.15) is 34.7 Å². The summed E-state index contributed by atoms with van der Waals surface area (Å²) in [6, 6.07) is 23.6. The van der Waals surface area contributed by atoms with Crippen molar-refractivity contribution in [2.45, 2.75) is 25.6 Å². The minimum atomic E-state index is -0.167. The predicted octanol–water partition coefficient (Wildman–Crippen LogP) is 6.48. The molecule has 0 saturated carbocycles. The van der Waals surface area contributed by atoms with Crippen molar-refractivity contribution in [1.29, 1.82) is 0 Å². The topological polar surface area (TPSA) is 50.5 Å². The average Bonchev–Trinajstić information content (AvgIpc) is 3.47. The fraction of sp³-hybridized carbons (Fsp3) is 0.185. The van der Waals surface area contributed by atoms with Crippen molar-refractivity contribution in [3.05, 3.63) is 107 Å². The van der Waals surface area contributed by atoms with E-state index in [1.807, 2.05) is 67.6 Å². The zero-order valence-corrected chi connectivity index (χ0v) is 20.4. The molecule has 0 bridgehead atoms. The maximum Gasteiger partial charge on any atom is 0.170 e. The minimum Gasteiger partial charge on any atom is -0.497 e. The number of hydrogen-bond donors (Lipinski definition) is 1. The molecule has 0 unspecified atom stereocenters. The summed E-state index contributed by atoms with van der Waals surface area (Å²) in [5.41, 5.74) is 3.99. The summed E-state index contributed by atoms with van der Waals surface area (Å²) in [5.74, 6) is 2.39. The number of halogens is 1. The molecule has 1 saturated heterocycles. The van der Waals surface area contributed by atoms with Crippen molar-refractivity contribution in [2.24, 2.45) is 0 Å². The van der Waals surface area contributed by atoms with Gasteiger partial charge in [-0.3, -0.25) is 4.98 Å². The molecule has 2 atom stereocenters. The Labute approximate surface area is 209 Å². The minimum absolute atomic E-state index is 0.146. The summed E-state index contributed by atoms with van der Waals surface area (Å²) in [7, 11) is 1.66. The number of pyridine rings is 1. The Kier molecular flexibility index (Phi) is 6.26. The van der Waals surface area contributed by atoms with Crippen molar-refractivity contribution in [2.75, 3.05) is 7.11 Å². The van der Waals surface area contributed by atoms with E-state index < -0.39 is 0 Å². The number of benzene rings is 2. The summed E-state index contributed by atoms with van der Waals surface area (Å²) in [4.78, 5) is 6.75. The highest BCUT2D eigenvalue weighted by molar-refractivity contribution is 7.80. The van der Waals surface area contributed by atoms with Gasteiger partial charge in [-0.1, -0.05) is 41.9 Å². The Morgan fingerprint density at radius 1 is 1.09 bits per heavy atom. The van der Waals surface area contributed by atoms with Gasteiger partial charge in [0, 0.05) is 23.3 Å². The van der Waals surface area contributed by atoms with Gasteiger partial charge in [0.2, 0.25) is 0 Å². The third-order valence-electron chi connectivity index (χ3n) is 6.08. The van der Waals surface area contributed by atoms with Crippen LogP contribution in [-0.2, 0) is 6.54 Å². The fourth-order valence-corrected chi connectivity index (χ4v) is 4.71. The molecule has 0 radical (unpaired) electrons. The third kappa shape index (κ3) is 4.39. The molecule has 0 aliphatic carbocycles. The number of rotatable bonds is 6. The molecule has 1 aliphatic heterocycles. The van der Waals surface area contributed by atoms with Crippen LogP contribution in [0.3, 0.4) is 0 Å². The largest absolute Gasteiger partial charge is 0.497 e. The van der Waals surface area contributed by atoms with Crippen molar-refractivity contribution < 1.29 is 9.15 Å². The van der Waals surface area contributed by atoms with Crippen LogP contribution in [0.15, 0.2) is 83.4 Å². The number of nitrogens with zero attached hydrogens (tertiary/aromatic N) is 2. The van der Waals surface area contributed by atoms with Crippen LogP contribution in [0.5, 0.6) is 5.75 Å². The molecule has 0 amide bonds. The van der Waals surface area contributed by atoms with Crippen molar-refractivity contribution >= 4 is 28.9 Å². The molecule has 3 heterocycles. The van der Waals surface area contributed by atoms with Crippen LogP contribution in [0, 0.1) is 6.92 Å². The smallest absolute Gasteiger partial charge is 0.170 e. The number of aromatic nitrogens is 1. The van der Waals surface area contributed by atoms with E-state index in [-0.39, 0.29) is 12.1 Å². The van der Waals surface area contributed by atoms with Gasteiger partial charge >= 0.3 is 0 Å². The number of furan rings is 1. The molecule has 172 valence electrons. The van der Waals surface area contributed by atoms with E-state index >= 15 is 0 Å². The fourth-order valence-electron chi connectivity index (χ4n) is 4.23. The van der Waals surface area contributed by atoms with Gasteiger partial charge < -0.3 is 19.4 Å². The lowest BCUT2D eigenvalue weighted by molar-refractivity contribution is 0.269. The molecular weight excluding hydrogens is 466 g/mol. The number of nitrogens with one attached hydrogen (secondary N) is 1. The van der Waals surface area contributed by atoms with Crippen molar-refractivity contribution in [1.82, 2.24) is 15.2 Å². The molecule has 2 aromatic carbocycles. The van der Waals surface area contributed by atoms with Gasteiger partial charge in [-0.2, -0.15) is 0 Å². The maximum atomic E-state index is 6.41. The van der Waals surface area contributed by atoms with Gasteiger partial charge in [0.1, 0.15) is 23.3 Å². The number of thiocarbonyl (C=S) groups is 1. The Balaban J connectivity index is 1.52. The molecular formula is C27H24ClN3O2S. The lowest BCUT2D eigenvalue weighted by atomic mass is 10.0. The van der Waals surface area contributed by atoms with Crippen molar-refractivity contribution in [3.63, 3.8) is 0 Å². The molecule has 1 aliphatic rings.